The highest BCUT2D eigenvalue weighted by Gasteiger charge is 2.33. The van der Waals surface area contributed by atoms with Crippen molar-refractivity contribution in [2.75, 3.05) is 24.7 Å². The first-order valence-electron chi connectivity index (χ1n) is 11.3. The Kier molecular flexibility index (Phi) is 8.27. The maximum atomic E-state index is 6.12. The highest BCUT2D eigenvalue weighted by atomic mass is 16.5. The van der Waals surface area contributed by atoms with E-state index in [4.69, 9.17) is 15.5 Å². The molecule has 2 aliphatic heterocycles. The van der Waals surface area contributed by atoms with Gasteiger partial charge in [-0.3, -0.25) is 4.98 Å². The van der Waals surface area contributed by atoms with Crippen LogP contribution < -0.4 is 10.6 Å². The average Bonchev–Trinajstić information content (AvgIpc) is 2.86. The van der Waals surface area contributed by atoms with Crippen LogP contribution in [0.25, 0.3) is 22.5 Å². The van der Waals surface area contributed by atoms with Crippen molar-refractivity contribution in [1.29, 1.82) is 0 Å². The van der Waals surface area contributed by atoms with Crippen LogP contribution in [0.3, 0.4) is 0 Å². The fourth-order valence-electron chi connectivity index (χ4n) is 3.54. The molecule has 0 spiro atoms. The molecular formula is C25H32N6O. The topological polar surface area (TPSA) is 89.5 Å². The molecule has 4 heterocycles. The fraction of sp³-hybridized carbons (Fsp3) is 0.360. The second-order valence-corrected chi connectivity index (χ2v) is 7.22. The first-order chi connectivity index (χ1) is 15.7. The normalized spacial score (nSPS) is 16.3. The molecule has 2 aromatic heterocycles. The minimum absolute atomic E-state index is 0.0694. The monoisotopic (exact) mass is 432 g/mol. The molecule has 7 nitrogen and oxygen atoms in total. The van der Waals surface area contributed by atoms with E-state index in [9.17, 15) is 0 Å². The molecule has 168 valence electrons. The molecule has 7 heteroatoms. The van der Waals surface area contributed by atoms with Gasteiger partial charge in [0.1, 0.15) is 17.6 Å². The number of anilines is 1. The Morgan fingerprint density at radius 2 is 1.81 bits per heavy atom. The molecule has 5 rings (SSSR count). The molecule has 1 fully saturated rings. The zero-order valence-electron chi connectivity index (χ0n) is 19.3. The van der Waals surface area contributed by atoms with Gasteiger partial charge in [0.2, 0.25) is 0 Å². The number of morpholine rings is 1. The zero-order valence-corrected chi connectivity index (χ0v) is 19.3. The molecule has 3 aromatic rings. The molecule has 1 atom stereocenters. The summed E-state index contributed by atoms with van der Waals surface area (Å²) in [6.45, 7) is 10.2. The van der Waals surface area contributed by atoms with Crippen molar-refractivity contribution in [3.63, 3.8) is 0 Å². The number of fused-ring (bicyclic) bond motifs is 3. The lowest BCUT2D eigenvalue weighted by Crippen LogP contribution is -2.54. The summed E-state index contributed by atoms with van der Waals surface area (Å²) in [7, 11) is 0. The van der Waals surface area contributed by atoms with Crippen LogP contribution in [0.15, 0.2) is 60.0 Å². The minimum Gasteiger partial charge on any atom is -0.385 e. The Morgan fingerprint density at radius 1 is 1.06 bits per heavy atom. The number of hydrogen-bond acceptors (Lipinski definition) is 7. The molecule has 0 amide bonds. The Bertz CT molecular complexity index is 1040. The first-order valence-corrected chi connectivity index (χ1v) is 11.3. The SMILES string of the molecule is CC.CCC.NC1=Nc2cnc(-c3ccncc3-c3ccccc3)nc2N2CCOCC12. The molecule has 1 unspecified atom stereocenters. The number of ether oxygens (including phenoxy) is 1. The third kappa shape index (κ3) is 4.94. The number of hydrogen-bond donors (Lipinski definition) is 1. The second kappa shape index (κ2) is 11.3. The molecule has 1 saturated heterocycles. The molecule has 0 bridgehead atoms. The molecule has 0 saturated carbocycles. The van der Waals surface area contributed by atoms with E-state index in [1.165, 1.54) is 6.42 Å². The van der Waals surface area contributed by atoms with Crippen molar-refractivity contribution in [2.24, 2.45) is 10.7 Å². The van der Waals surface area contributed by atoms with E-state index in [0.29, 0.717) is 30.6 Å². The van der Waals surface area contributed by atoms with Gasteiger partial charge in [0.15, 0.2) is 11.6 Å². The number of aliphatic imine (C=N–C) groups is 1. The van der Waals surface area contributed by atoms with Gasteiger partial charge >= 0.3 is 0 Å². The van der Waals surface area contributed by atoms with E-state index in [1.807, 2.05) is 44.3 Å². The number of rotatable bonds is 2. The van der Waals surface area contributed by atoms with Crippen molar-refractivity contribution in [1.82, 2.24) is 15.0 Å². The molecule has 2 N–H and O–H groups in total. The lowest BCUT2D eigenvalue weighted by Gasteiger charge is -2.38. The fourth-order valence-corrected chi connectivity index (χ4v) is 3.54. The van der Waals surface area contributed by atoms with Gasteiger partial charge in [-0.05, 0) is 11.6 Å². The smallest absolute Gasteiger partial charge is 0.162 e. The summed E-state index contributed by atoms with van der Waals surface area (Å²) >= 11 is 0. The zero-order chi connectivity index (χ0) is 22.9. The molecular weight excluding hydrogens is 400 g/mol. The summed E-state index contributed by atoms with van der Waals surface area (Å²) in [4.78, 5) is 20.4. The van der Waals surface area contributed by atoms with E-state index in [1.54, 1.807) is 12.4 Å². The van der Waals surface area contributed by atoms with Crippen molar-refractivity contribution in [3.8, 4) is 22.5 Å². The van der Waals surface area contributed by atoms with Gasteiger partial charge in [0.05, 0.1) is 19.4 Å². The molecule has 0 radical (unpaired) electrons. The van der Waals surface area contributed by atoms with E-state index in [2.05, 4.69) is 45.8 Å². The van der Waals surface area contributed by atoms with Crippen LogP contribution in [0.1, 0.15) is 34.1 Å². The third-order valence-corrected chi connectivity index (χ3v) is 4.89. The predicted octanol–water partition coefficient (Wildman–Crippen LogP) is 4.86. The third-order valence-electron chi connectivity index (χ3n) is 4.89. The van der Waals surface area contributed by atoms with E-state index in [0.717, 1.165) is 29.1 Å². The molecule has 2 aliphatic rings. The summed E-state index contributed by atoms with van der Waals surface area (Å²) in [6.07, 6.45) is 6.60. The summed E-state index contributed by atoms with van der Waals surface area (Å²) in [5.74, 6) is 2.00. The van der Waals surface area contributed by atoms with Gasteiger partial charge in [-0.15, -0.1) is 0 Å². The number of aromatic nitrogens is 3. The van der Waals surface area contributed by atoms with Gasteiger partial charge in [-0.1, -0.05) is 64.4 Å². The number of pyridine rings is 1. The standard InChI is InChI=1S/C20H18N6O.C3H8.C2H6/c21-18-17-12-27-9-8-26(17)20-16(24-18)11-23-19(25-20)14-6-7-22-10-15(14)13-4-2-1-3-5-13;1-3-2;1-2/h1-7,10-11,17H,8-9,12H2,(H2,21,24);3H2,1-2H3;1-2H3. The maximum Gasteiger partial charge on any atom is 0.162 e. The van der Waals surface area contributed by atoms with E-state index < -0.39 is 0 Å². The Balaban J connectivity index is 0.000000536. The van der Waals surface area contributed by atoms with Crippen molar-refractivity contribution >= 4 is 17.3 Å². The second-order valence-electron chi connectivity index (χ2n) is 7.22. The number of benzene rings is 1. The Morgan fingerprint density at radius 3 is 2.56 bits per heavy atom. The molecule has 1 aromatic carbocycles. The summed E-state index contributed by atoms with van der Waals surface area (Å²) in [5, 5.41) is 0. The van der Waals surface area contributed by atoms with Crippen LogP contribution in [-0.2, 0) is 4.74 Å². The van der Waals surface area contributed by atoms with Gasteiger partial charge in [0, 0.05) is 30.1 Å². The summed E-state index contributed by atoms with van der Waals surface area (Å²) < 4.78 is 5.56. The number of amidine groups is 1. The lowest BCUT2D eigenvalue weighted by molar-refractivity contribution is 0.109. The highest BCUT2D eigenvalue weighted by Crippen LogP contribution is 2.36. The van der Waals surface area contributed by atoms with Crippen LogP contribution in [0.5, 0.6) is 0 Å². The van der Waals surface area contributed by atoms with Crippen LogP contribution in [0.4, 0.5) is 11.5 Å². The van der Waals surface area contributed by atoms with Crippen LogP contribution in [0.2, 0.25) is 0 Å². The summed E-state index contributed by atoms with van der Waals surface area (Å²) in [6, 6.07) is 12.0. The van der Waals surface area contributed by atoms with E-state index in [-0.39, 0.29) is 6.04 Å². The summed E-state index contributed by atoms with van der Waals surface area (Å²) in [5.41, 5.74) is 9.83. The largest absolute Gasteiger partial charge is 0.385 e. The quantitative estimate of drug-likeness (QED) is 0.622. The van der Waals surface area contributed by atoms with E-state index >= 15 is 0 Å². The van der Waals surface area contributed by atoms with Gasteiger partial charge in [-0.2, -0.15) is 0 Å². The minimum atomic E-state index is -0.0694. The number of nitrogens with two attached hydrogens (primary N) is 1. The average molecular weight is 433 g/mol. The van der Waals surface area contributed by atoms with Crippen LogP contribution in [-0.4, -0.2) is 46.6 Å². The highest BCUT2D eigenvalue weighted by molar-refractivity contribution is 5.96. The molecule has 32 heavy (non-hydrogen) atoms. The first kappa shape index (κ1) is 23.3. The van der Waals surface area contributed by atoms with Crippen LogP contribution in [0, 0.1) is 0 Å². The van der Waals surface area contributed by atoms with Crippen molar-refractivity contribution in [3.05, 3.63) is 55.0 Å². The van der Waals surface area contributed by atoms with Crippen LogP contribution >= 0.6 is 0 Å². The number of nitrogens with zero attached hydrogens (tertiary/aromatic N) is 5. The van der Waals surface area contributed by atoms with Crippen molar-refractivity contribution < 1.29 is 4.74 Å². The predicted molar refractivity (Wildman–Crippen MR) is 131 cm³/mol. The van der Waals surface area contributed by atoms with Gasteiger partial charge in [0.25, 0.3) is 0 Å². The maximum absolute atomic E-state index is 6.12. The van der Waals surface area contributed by atoms with Gasteiger partial charge < -0.3 is 15.4 Å². The van der Waals surface area contributed by atoms with Gasteiger partial charge in [-0.25, -0.2) is 15.0 Å². The Labute approximate surface area is 190 Å². The Hall–Kier alpha value is -3.32. The lowest BCUT2D eigenvalue weighted by atomic mass is 10.0. The molecule has 0 aliphatic carbocycles. The van der Waals surface area contributed by atoms with Crippen molar-refractivity contribution in [2.45, 2.75) is 40.2 Å².